The second kappa shape index (κ2) is 9.35. The first kappa shape index (κ1) is 22.4. The Balaban J connectivity index is 1.65. The molecule has 1 aliphatic rings. The number of nitrogens with zero attached hydrogens (tertiary/aromatic N) is 3. The minimum Gasteiger partial charge on any atom is -0.384 e. The minimum atomic E-state index is -1.11. The lowest BCUT2D eigenvalue weighted by Gasteiger charge is -2.18. The topological polar surface area (TPSA) is 124 Å². The fraction of sp³-hybridized carbons (Fsp3) is 0.250. The number of pyridine rings is 1. The van der Waals surface area contributed by atoms with E-state index < -0.39 is 5.60 Å². The Bertz CT molecular complexity index is 1190. The summed E-state index contributed by atoms with van der Waals surface area (Å²) in [5.74, 6) is 0.728. The lowest BCUT2D eigenvalue weighted by Crippen LogP contribution is -2.25. The van der Waals surface area contributed by atoms with Gasteiger partial charge >= 0.3 is 0 Å². The number of rotatable bonds is 8. The van der Waals surface area contributed by atoms with E-state index in [9.17, 15) is 9.90 Å². The molecule has 33 heavy (non-hydrogen) atoms. The highest BCUT2D eigenvalue weighted by molar-refractivity contribution is 5.99. The molecule has 4 rings (SSSR count). The van der Waals surface area contributed by atoms with Crippen LogP contribution in [0.1, 0.15) is 41.0 Å². The third kappa shape index (κ3) is 5.33. The van der Waals surface area contributed by atoms with Gasteiger partial charge in [-0.15, -0.1) is 6.58 Å². The molecule has 3 heterocycles. The average Bonchev–Trinajstić information content (AvgIpc) is 3.25. The molecule has 0 bridgehead atoms. The molecule has 0 saturated carbocycles. The third-order valence-electron chi connectivity index (χ3n) is 5.16. The SMILES string of the molecule is C=CCNC(=O)c1cnc(Nc2ccc3c(c2)CNC3)nc1Nc1cccc(C(C)(C)O)n1. The summed E-state index contributed by atoms with van der Waals surface area (Å²) in [4.78, 5) is 26.0. The maximum absolute atomic E-state index is 12.7. The quantitative estimate of drug-likeness (QED) is 0.335. The normalized spacial score (nSPS) is 12.7. The fourth-order valence-corrected chi connectivity index (χ4v) is 3.43. The highest BCUT2D eigenvalue weighted by Crippen LogP contribution is 2.25. The molecule has 0 spiro atoms. The Morgan fingerprint density at radius 2 is 2.00 bits per heavy atom. The standard InChI is InChI=1S/C24H27N7O2/c1-4-10-26-22(32)18-14-27-23(28-17-9-8-15-12-25-13-16(15)11-17)31-21(18)30-20-7-5-6-19(29-20)24(2,3)33/h4-9,11,14,25,33H,1,10,12-13H2,2-3H3,(H,26,32)(H2,27,28,29,30,31). The van der Waals surface area contributed by atoms with Crippen LogP contribution in [0.4, 0.5) is 23.3 Å². The van der Waals surface area contributed by atoms with Crippen LogP contribution in [0.3, 0.4) is 0 Å². The number of nitrogens with one attached hydrogen (secondary N) is 4. The lowest BCUT2D eigenvalue weighted by molar-refractivity contribution is 0.0740. The number of aromatic nitrogens is 3. The van der Waals surface area contributed by atoms with E-state index in [0.717, 1.165) is 18.8 Å². The zero-order valence-corrected chi connectivity index (χ0v) is 18.6. The van der Waals surface area contributed by atoms with Crippen LogP contribution in [-0.2, 0) is 18.7 Å². The molecule has 2 aromatic heterocycles. The van der Waals surface area contributed by atoms with Crippen LogP contribution in [0.2, 0.25) is 0 Å². The van der Waals surface area contributed by atoms with Gasteiger partial charge in [-0.3, -0.25) is 4.79 Å². The Morgan fingerprint density at radius 1 is 1.18 bits per heavy atom. The van der Waals surface area contributed by atoms with Gasteiger partial charge < -0.3 is 26.4 Å². The first-order chi connectivity index (χ1) is 15.8. The first-order valence-corrected chi connectivity index (χ1v) is 10.7. The number of aliphatic hydroxyl groups is 1. The highest BCUT2D eigenvalue weighted by atomic mass is 16.3. The van der Waals surface area contributed by atoms with Crippen LogP contribution in [0.15, 0.2) is 55.3 Å². The van der Waals surface area contributed by atoms with Crippen LogP contribution < -0.4 is 21.3 Å². The van der Waals surface area contributed by atoms with Gasteiger partial charge in [0.25, 0.3) is 5.91 Å². The van der Waals surface area contributed by atoms with Gasteiger partial charge in [0, 0.05) is 31.5 Å². The Kier molecular flexibility index (Phi) is 6.34. The van der Waals surface area contributed by atoms with Crippen molar-refractivity contribution in [3.63, 3.8) is 0 Å². The third-order valence-corrected chi connectivity index (χ3v) is 5.16. The van der Waals surface area contributed by atoms with Crippen molar-refractivity contribution >= 4 is 29.2 Å². The number of benzene rings is 1. The number of hydrogen-bond donors (Lipinski definition) is 5. The van der Waals surface area contributed by atoms with Crippen LogP contribution in [0.5, 0.6) is 0 Å². The van der Waals surface area contributed by atoms with E-state index in [1.165, 1.54) is 17.3 Å². The molecule has 0 aliphatic carbocycles. The summed E-state index contributed by atoms with van der Waals surface area (Å²) in [5.41, 5.74) is 3.00. The fourth-order valence-electron chi connectivity index (χ4n) is 3.43. The van der Waals surface area contributed by atoms with Crippen molar-refractivity contribution in [3.05, 3.63) is 77.6 Å². The Labute approximate surface area is 192 Å². The highest BCUT2D eigenvalue weighted by Gasteiger charge is 2.20. The summed E-state index contributed by atoms with van der Waals surface area (Å²) < 4.78 is 0. The maximum atomic E-state index is 12.7. The van der Waals surface area contributed by atoms with E-state index in [0.29, 0.717) is 24.0 Å². The van der Waals surface area contributed by atoms with E-state index in [1.54, 1.807) is 38.1 Å². The second-order valence-corrected chi connectivity index (χ2v) is 8.26. The summed E-state index contributed by atoms with van der Waals surface area (Å²) in [6.45, 7) is 8.95. The minimum absolute atomic E-state index is 0.260. The predicted octanol–water partition coefficient (Wildman–Crippen LogP) is 3.11. The van der Waals surface area contributed by atoms with Gasteiger partial charge in [-0.1, -0.05) is 18.2 Å². The van der Waals surface area contributed by atoms with E-state index in [4.69, 9.17) is 0 Å². The number of fused-ring (bicyclic) bond motifs is 1. The lowest BCUT2D eigenvalue weighted by atomic mass is 10.1. The van der Waals surface area contributed by atoms with Gasteiger partial charge in [0.05, 0.1) is 5.69 Å². The molecule has 1 amide bonds. The number of anilines is 4. The molecular formula is C24H27N7O2. The molecule has 1 aromatic carbocycles. The molecule has 0 unspecified atom stereocenters. The molecule has 1 aliphatic heterocycles. The number of carbonyl (C=O) groups is 1. The number of carbonyl (C=O) groups excluding carboxylic acids is 1. The van der Waals surface area contributed by atoms with Crippen molar-refractivity contribution in [1.29, 1.82) is 0 Å². The van der Waals surface area contributed by atoms with Gasteiger partial charge in [0.15, 0.2) is 0 Å². The predicted molar refractivity (Wildman–Crippen MR) is 128 cm³/mol. The summed E-state index contributed by atoms with van der Waals surface area (Å²) in [6, 6.07) is 11.4. The van der Waals surface area contributed by atoms with Crippen LogP contribution >= 0.6 is 0 Å². The van der Waals surface area contributed by atoms with Crippen molar-refractivity contribution < 1.29 is 9.90 Å². The number of amides is 1. The van der Waals surface area contributed by atoms with E-state index in [2.05, 4.69) is 54.9 Å². The van der Waals surface area contributed by atoms with E-state index in [-0.39, 0.29) is 17.3 Å². The molecule has 9 nitrogen and oxygen atoms in total. The summed E-state index contributed by atoms with van der Waals surface area (Å²) in [5, 5.41) is 22.7. The van der Waals surface area contributed by atoms with Gasteiger partial charge in [-0.2, -0.15) is 4.98 Å². The summed E-state index contributed by atoms with van der Waals surface area (Å²) in [6.07, 6.45) is 3.06. The molecule has 5 N–H and O–H groups in total. The van der Waals surface area contributed by atoms with Crippen LogP contribution in [0, 0.1) is 0 Å². The van der Waals surface area contributed by atoms with Crippen molar-refractivity contribution in [1.82, 2.24) is 25.6 Å². The summed E-state index contributed by atoms with van der Waals surface area (Å²) in [7, 11) is 0. The largest absolute Gasteiger partial charge is 0.384 e. The van der Waals surface area contributed by atoms with Gasteiger partial charge in [-0.05, 0) is 49.2 Å². The number of hydrogen-bond acceptors (Lipinski definition) is 8. The van der Waals surface area contributed by atoms with Gasteiger partial charge in [-0.25, -0.2) is 9.97 Å². The molecule has 0 fully saturated rings. The van der Waals surface area contributed by atoms with E-state index in [1.807, 2.05) is 6.07 Å². The molecular weight excluding hydrogens is 418 g/mol. The maximum Gasteiger partial charge on any atom is 0.256 e. The zero-order chi connectivity index (χ0) is 23.4. The van der Waals surface area contributed by atoms with Gasteiger partial charge in [0.2, 0.25) is 5.95 Å². The Hall–Kier alpha value is -3.82. The smallest absolute Gasteiger partial charge is 0.256 e. The molecule has 0 radical (unpaired) electrons. The molecule has 0 saturated heterocycles. The monoisotopic (exact) mass is 445 g/mol. The van der Waals surface area contributed by atoms with Crippen molar-refractivity contribution in [2.75, 3.05) is 17.2 Å². The molecule has 9 heteroatoms. The Morgan fingerprint density at radius 3 is 2.79 bits per heavy atom. The van der Waals surface area contributed by atoms with Crippen molar-refractivity contribution in [2.45, 2.75) is 32.5 Å². The molecule has 0 atom stereocenters. The first-order valence-electron chi connectivity index (χ1n) is 10.7. The van der Waals surface area contributed by atoms with Crippen molar-refractivity contribution in [2.24, 2.45) is 0 Å². The van der Waals surface area contributed by atoms with Crippen molar-refractivity contribution in [3.8, 4) is 0 Å². The zero-order valence-electron chi connectivity index (χ0n) is 18.6. The summed E-state index contributed by atoms with van der Waals surface area (Å²) >= 11 is 0. The molecule has 3 aromatic rings. The van der Waals surface area contributed by atoms with Crippen LogP contribution in [-0.4, -0.2) is 32.5 Å². The van der Waals surface area contributed by atoms with Crippen LogP contribution in [0.25, 0.3) is 0 Å². The second-order valence-electron chi connectivity index (χ2n) is 8.26. The molecule has 170 valence electrons. The van der Waals surface area contributed by atoms with E-state index >= 15 is 0 Å². The van der Waals surface area contributed by atoms with Gasteiger partial charge in [0.1, 0.15) is 22.8 Å². The average molecular weight is 446 g/mol.